The normalized spacial score (nSPS) is 17.7. The number of nitrogens with zero attached hydrogens (tertiary/aromatic N) is 2. The molecular weight excluding hydrogens is 544 g/mol. The molecule has 210 valence electrons. The quantitative estimate of drug-likeness (QED) is 0.121. The third kappa shape index (κ3) is 4.95. The number of fused-ring (bicyclic) bond motifs is 2. The van der Waals surface area contributed by atoms with E-state index in [4.69, 9.17) is 18.9 Å². The molecule has 0 unspecified atom stereocenters. The van der Waals surface area contributed by atoms with E-state index in [1.165, 1.54) is 16.2 Å². The summed E-state index contributed by atoms with van der Waals surface area (Å²) < 4.78 is 23.4. The van der Waals surface area contributed by atoms with Crippen molar-refractivity contribution in [1.29, 1.82) is 0 Å². The molecule has 2 aliphatic rings. The van der Waals surface area contributed by atoms with E-state index >= 15 is 0 Å². The number of Topliss-reactive ketones (excluding diaryl/α,β-unsaturated/α-hetero) is 1. The Morgan fingerprint density at radius 3 is 2.68 bits per heavy atom. The van der Waals surface area contributed by atoms with Gasteiger partial charge in [0.25, 0.3) is 5.78 Å². The molecule has 41 heavy (non-hydrogen) atoms. The number of carbonyl (C=O) groups excluding carboxylic acids is 2. The van der Waals surface area contributed by atoms with Crippen molar-refractivity contribution in [1.82, 2.24) is 4.98 Å². The second kappa shape index (κ2) is 11.1. The minimum atomic E-state index is -0.944. The zero-order chi connectivity index (χ0) is 28.5. The fraction of sp³-hybridized carbons (Fsp3) is 0.258. The van der Waals surface area contributed by atoms with Gasteiger partial charge in [-0.3, -0.25) is 14.5 Å². The van der Waals surface area contributed by atoms with E-state index in [9.17, 15) is 14.7 Å². The van der Waals surface area contributed by atoms with Crippen molar-refractivity contribution in [2.75, 3.05) is 31.8 Å². The molecule has 1 N–H and O–H groups in total. The van der Waals surface area contributed by atoms with Crippen LogP contribution in [0.5, 0.6) is 23.0 Å². The van der Waals surface area contributed by atoms with Crippen LogP contribution < -0.4 is 23.8 Å². The standard InChI is InChI=1S/C31H28N2O7S/c1-3-4-12-38-21-7-5-6-18(15-21)27-26(28(34)19-8-11-23-24(16-19)40-14-13-39-23)29(35)30(36)33(27)31-32-22-10-9-20(37-2)17-25(22)41-31/h5-11,15-17,27,34H,3-4,12-14H2,1-2H3/t27-/m1/s1. The van der Waals surface area contributed by atoms with E-state index in [0.717, 1.165) is 17.5 Å². The summed E-state index contributed by atoms with van der Waals surface area (Å²) in [5, 5.41) is 11.9. The molecule has 0 bridgehead atoms. The highest BCUT2D eigenvalue weighted by molar-refractivity contribution is 7.22. The van der Waals surface area contributed by atoms with E-state index in [1.807, 2.05) is 24.3 Å². The molecular formula is C31H28N2O7S. The van der Waals surface area contributed by atoms with Gasteiger partial charge in [-0.15, -0.1) is 0 Å². The largest absolute Gasteiger partial charge is 0.507 e. The summed E-state index contributed by atoms with van der Waals surface area (Å²) in [6.45, 7) is 3.42. The average molecular weight is 573 g/mol. The Hall–Kier alpha value is -4.57. The number of aliphatic hydroxyl groups excluding tert-OH is 1. The Morgan fingerprint density at radius 2 is 1.88 bits per heavy atom. The summed E-state index contributed by atoms with van der Waals surface area (Å²) in [5.74, 6) is 0.364. The van der Waals surface area contributed by atoms with E-state index in [-0.39, 0.29) is 11.3 Å². The third-order valence-corrected chi connectivity index (χ3v) is 8.01. The molecule has 1 aromatic heterocycles. The maximum Gasteiger partial charge on any atom is 0.301 e. The molecule has 10 heteroatoms. The molecule has 1 amide bonds. The molecule has 2 aliphatic heterocycles. The number of methoxy groups -OCH3 is 1. The number of ether oxygens (including phenoxy) is 4. The second-order valence-electron chi connectivity index (χ2n) is 9.63. The van der Waals surface area contributed by atoms with Gasteiger partial charge in [-0.2, -0.15) is 0 Å². The number of unbranched alkanes of at least 4 members (excludes halogenated alkanes) is 1. The van der Waals surface area contributed by atoms with E-state index in [1.54, 1.807) is 43.5 Å². The highest BCUT2D eigenvalue weighted by atomic mass is 32.1. The zero-order valence-electron chi connectivity index (χ0n) is 22.6. The van der Waals surface area contributed by atoms with Crippen molar-refractivity contribution in [3.63, 3.8) is 0 Å². The first-order chi connectivity index (χ1) is 20.0. The van der Waals surface area contributed by atoms with Crippen LogP contribution in [0.3, 0.4) is 0 Å². The van der Waals surface area contributed by atoms with Gasteiger partial charge in [0.2, 0.25) is 0 Å². The van der Waals surface area contributed by atoms with Crippen LogP contribution in [-0.2, 0) is 9.59 Å². The molecule has 4 aromatic rings. The predicted octanol–water partition coefficient (Wildman–Crippen LogP) is 5.88. The molecule has 0 spiro atoms. The number of anilines is 1. The summed E-state index contributed by atoms with van der Waals surface area (Å²) >= 11 is 1.27. The van der Waals surface area contributed by atoms with E-state index in [0.29, 0.717) is 64.6 Å². The van der Waals surface area contributed by atoms with Crippen molar-refractivity contribution < 1.29 is 33.6 Å². The average Bonchev–Trinajstić information content (AvgIpc) is 3.54. The maximum atomic E-state index is 13.7. The van der Waals surface area contributed by atoms with E-state index in [2.05, 4.69) is 11.9 Å². The van der Waals surface area contributed by atoms with Crippen molar-refractivity contribution in [3.8, 4) is 23.0 Å². The van der Waals surface area contributed by atoms with Gasteiger partial charge in [-0.05, 0) is 60.5 Å². The highest BCUT2D eigenvalue weighted by Crippen LogP contribution is 2.46. The zero-order valence-corrected chi connectivity index (χ0v) is 23.4. The first kappa shape index (κ1) is 26.6. The van der Waals surface area contributed by atoms with Gasteiger partial charge >= 0.3 is 5.91 Å². The van der Waals surface area contributed by atoms with E-state index < -0.39 is 17.7 Å². The van der Waals surface area contributed by atoms with Gasteiger partial charge in [-0.25, -0.2) is 4.98 Å². The summed E-state index contributed by atoms with van der Waals surface area (Å²) in [6.07, 6.45) is 1.87. The number of thiazole rings is 1. The molecule has 9 nitrogen and oxygen atoms in total. The van der Waals surface area contributed by atoms with Crippen LogP contribution in [0.4, 0.5) is 5.13 Å². The van der Waals surface area contributed by atoms with Crippen LogP contribution in [0, 0.1) is 0 Å². The van der Waals surface area contributed by atoms with Crippen LogP contribution in [0.25, 0.3) is 16.0 Å². The van der Waals surface area contributed by atoms with Gasteiger partial charge in [0, 0.05) is 5.56 Å². The lowest BCUT2D eigenvalue weighted by Gasteiger charge is -2.24. The summed E-state index contributed by atoms with van der Waals surface area (Å²) in [5.41, 5.74) is 1.56. The molecule has 1 atom stereocenters. The molecule has 1 saturated heterocycles. The lowest BCUT2D eigenvalue weighted by molar-refractivity contribution is -0.132. The molecule has 0 saturated carbocycles. The van der Waals surface area contributed by atoms with Crippen LogP contribution >= 0.6 is 11.3 Å². The number of amides is 1. The van der Waals surface area contributed by atoms with Crippen molar-refractivity contribution >= 4 is 44.1 Å². The summed E-state index contributed by atoms with van der Waals surface area (Å²) in [4.78, 5) is 33.3. The van der Waals surface area contributed by atoms with Gasteiger partial charge in [0.1, 0.15) is 30.5 Å². The number of hydrogen-bond donors (Lipinski definition) is 1. The smallest absolute Gasteiger partial charge is 0.301 e. The van der Waals surface area contributed by atoms with Gasteiger partial charge < -0.3 is 24.1 Å². The lowest BCUT2D eigenvalue weighted by atomic mass is 9.95. The molecule has 0 radical (unpaired) electrons. The third-order valence-electron chi connectivity index (χ3n) is 6.99. The first-order valence-corrected chi connectivity index (χ1v) is 14.2. The minimum Gasteiger partial charge on any atom is -0.507 e. The van der Waals surface area contributed by atoms with Crippen LogP contribution in [0.1, 0.15) is 36.9 Å². The number of aromatic nitrogens is 1. The number of aliphatic hydroxyl groups is 1. The monoisotopic (exact) mass is 572 g/mol. The predicted molar refractivity (Wildman–Crippen MR) is 155 cm³/mol. The molecule has 3 aromatic carbocycles. The SMILES string of the molecule is CCCCOc1cccc([C@@H]2C(=C(O)c3ccc4c(c3)OCCO4)C(=O)C(=O)N2c2nc3ccc(OC)cc3s2)c1. The fourth-order valence-electron chi connectivity index (χ4n) is 4.92. The molecule has 6 rings (SSSR count). The van der Waals surface area contributed by atoms with Gasteiger partial charge in [0.15, 0.2) is 16.6 Å². The van der Waals surface area contributed by atoms with Crippen molar-refractivity contribution in [2.45, 2.75) is 25.8 Å². The Labute approximate surface area is 240 Å². The Bertz CT molecular complexity index is 1680. The number of carbonyl (C=O) groups is 2. The van der Waals surface area contributed by atoms with Crippen LogP contribution in [-0.4, -0.2) is 48.7 Å². The van der Waals surface area contributed by atoms with Crippen LogP contribution in [0.2, 0.25) is 0 Å². The van der Waals surface area contributed by atoms with Crippen LogP contribution in [0.15, 0.2) is 66.2 Å². The lowest BCUT2D eigenvalue weighted by Crippen LogP contribution is -2.29. The minimum absolute atomic E-state index is 0.0470. The van der Waals surface area contributed by atoms with Gasteiger partial charge in [0.05, 0.1) is 35.5 Å². The van der Waals surface area contributed by atoms with Gasteiger partial charge in [-0.1, -0.05) is 36.8 Å². The number of rotatable bonds is 8. The maximum absolute atomic E-state index is 13.7. The second-order valence-corrected chi connectivity index (χ2v) is 10.6. The van der Waals surface area contributed by atoms with Crippen molar-refractivity contribution in [2.24, 2.45) is 0 Å². The highest BCUT2D eigenvalue weighted by Gasteiger charge is 2.48. The number of ketones is 1. The Morgan fingerprint density at radius 1 is 1.05 bits per heavy atom. The summed E-state index contributed by atoms with van der Waals surface area (Å²) in [7, 11) is 1.58. The Balaban J connectivity index is 1.50. The summed E-state index contributed by atoms with van der Waals surface area (Å²) in [6, 6.07) is 16.7. The molecule has 0 aliphatic carbocycles. The van der Waals surface area contributed by atoms with Crippen molar-refractivity contribution in [3.05, 3.63) is 77.4 Å². The first-order valence-electron chi connectivity index (χ1n) is 13.4. The number of benzene rings is 3. The number of hydrogen-bond acceptors (Lipinski definition) is 9. The Kier molecular flexibility index (Phi) is 7.23. The fourth-order valence-corrected chi connectivity index (χ4v) is 5.94. The molecule has 1 fully saturated rings. The molecule has 3 heterocycles. The topological polar surface area (TPSA) is 107 Å².